The number of thiophene rings is 1. The lowest BCUT2D eigenvalue weighted by Crippen LogP contribution is -1.69. The van der Waals surface area contributed by atoms with E-state index in [9.17, 15) is 0 Å². The molecule has 0 atom stereocenters. The van der Waals surface area contributed by atoms with Gasteiger partial charge in [-0.3, -0.25) is 0 Å². The van der Waals surface area contributed by atoms with E-state index in [1.165, 1.54) is 20.9 Å². The molecule has 13 heavy (non-hydrogen) atoms. The van der Waals surface area contributed by atoms with Crippen molar-refractivity contribution in [2.75, 3.05) is 0 Å². The lowest BCUT2D eigenvalue weighted by Gasteiger charge is -1.96. The molecule has 0 unspecified atom stereocenters. The van der Waals surface area contributed by atoms with Crippen LogP contribution in [0.4, 0.5) is 0 Å². The third-order valence-electron chi connectivity index (χ3n) is 2.32. The monoisotopic (exact) mass is 184 g/mol. The highest BCUT2D eigenvalue weighted by atomic mass is 32.1. The Morgan fingerprint density at radius 1 is 0.769 bits per heavy atom. The van der Waals surface area contributed by atoms with Crippen molar-refractivity contribution >= 4 is 32.2 Å². The first kappa shape index (κ1) is 7.10. The molecule has 0 radical (unpaired) electrons. The highest BCUT2D eigenvalue weighted by Gasteiger charge is 1.96. The van der Waals surface area contributed by atoms with Crippen LogP contribution in [0.25, 0.3) is 20.9 Å². The lowest BCUT2D eigenvalue weighted by atomic mass is 10.1. The summed E-state index contributed by atoms with van der Waals surface area (Å²) in [7, 11) is 0. The normalized spacial score (nSPS) is 11.1. The van der Waals surface area contributed by atoms with Crippen LogP contribution in [0.5, 0.6) is 0 Å². The summed E-state index contributed by atoms with van der Waals surface area (Å²) in [6.07, 6.45) is 0. The predicted octanol–water partition coefficient (Wildman–Crippen LogP) is 4.05. The van der Waals surface area contributed by atoms with Crippen LogP contribution < -0.4 is 0 Å². The fraction of sp³-hybridized carbons (Fsp3) is 0. The highest BCUT2D eigenvalue weighted by molar-refractivity contribution is 7.17. The first-order valence-corrected chi connectivity index (χ1v) is 5.17. The lowest BCUT2D eigenvalue weighted by molar-refractivity contribution is 1.81. The van der Waals surface area contributed by atoms with Gasteiger partial charge in [0, 0.05) is 4.70 Å². The molecular formula is C12H8S. The second-order valence-electron chi connectivity index (χ2n) is 3.16. The molecule has 2 aromatic carbocycles. The maximum atomic E-state index is 2.26. The smallest absolute Gasteiger partial charge is 0.0349 e. The summed E-state index contributed by atoms with van der Waals surface area (Å²) in [6, 6.07) is 15.2. The third-order valence-corrected chi connectivity index (χ3v) is 3.20. The van der Waals surface area contributed by atoms with Crippen LogP contribution in [-0.4, -0.2) is 0 Å². The molecule has 0 aliphatic rings. The Balaban J connectivity index is 2.57. The van der Waals surface area contributed by atoms with Gasteiger partial charge in [0.1, 0.15) is 0 Å². The maximum Gasteiger partial charge on any atom is 0.0349 e. The Morgan fingerprint density at radius 3 is 2.38 bits per heavy atom. The van der Waals surface area contributed by atoms with Gasteiger partial charge in [-0.05, 0) is 39.7 Å². The van der Waals surface area contributed by atoms with Crippen LogP contribution in [0.1, 0.15) is 0 Å². The average molecular weight is 184 g/mol. The first-order valence-electron chi connectivity index (χ1n) is 4.29. The molecule has 62 valence electrons. The molecular weight excluding hydrogens is 176 g/mol. The van der Waals surface area contributed by atoms with E-state index in [4.69, 9.17) is 0 Å². The van der Waals surface area contributed by atoms with Crippen molar-refractivity contribution in [1.82, 2.24) is 0 Å². The summed E-state index contributed by atoms with van der Waals surface area (Å²) < 4.78 is 1.37. The van der Waals surface area contributed by atoms with E-state index in [1.54, 1.807) is 11.3 Å². The molecule has 0 nitrogen and oxygen atoms in total. The van der Waals surface area contributed by atoms with Gasteiger partial charge in [0.2, 0.25) is 0 Å². The van der Waals surface area contributed by atoms with E-state index in [2.05, 4.69) is 47.8 Å². The van der Waals surface area contributed by atoms with Crippen LogP contribution in [-0.2, 0) is 0 Å². The number of benzene rings is 2. The molecule has 0 spiro atoms. The van der Waals surface area contributed by atoms with Crippen molar-refractivity contribution in [1.29, 1.82) is 0 Å². The zero-order chi connectivity index (χ0) is 8.67. The Kier molecular flexibility index (Phi) is 1.41. The van der Waals surface area contributed by atoms with Crippen molar-refractivity contribution in [2.45, 2.75) is 0 Å². The van der Waals surface area contributed by atoms with Crippen molar-refractivity contribution in [3.63, 3.8) is 0 Å². The number of hydrogen-bond donors (Lipinski definition) is 0. The zero-order valence-corrected chi connectivity index (χ0v) is 7.84. The SMILES string of the molecule is c1ccc2cc3sccc3cc2c1. The largest absolute Gasteiger partial charge is 0.144 e. The minimum absolute atomic E-state index is 1.33. The summed E-state index contributed by atoms with van der Waals surface area (Å²) in [5, 5.41) is 6.15. The summed E-state index contributed by atoms with van der Waals surface area (Å²) in [5.41, 5.74) is 0. The Labute approximate surface area is 80.4 Å². The van der Waals surface area contributed by atoms with Crippen molar-refractivity contribution in [3.05, 3.63) is 47.8 Å². The van der Waals surface area contributed by atoms with Gasteiger partial charge in [0.05, 0.1) is 0 Å². The topological polar surface area (TPSA) is 0 Å². The highest BCUT2D eigenvalue weighted by Crippen LogP contribution is 2.26. The fourth-order valence-corrected chi connectivity index (χ4v) is 2.47. The second-order valence-corrected chi connectivity index (χ2v) is 4.11. The molecule has 3 rings (SSSR count). The quantitative estimate of drug-likeness (QED) is 0.494. The molecule has 1 heteroatoms. The summed E-state index contributed by atoms with van der Waals surface area (Å²) in [5.74, 6) is 0. The Hall–Kier alpha value is -1.34. The van der Waals surface area contributed by atoms with Crippen LogP contribution in [0.15, 0.2) is 47.8 Å². The second kappa shape index (κ2) is 2.57. The molecule has 0 bridgehead atoms. The minimum atomic E-state index is 1.33. The molecule has 0 N–H and O–H groups in total. The molecule has 0 aliphatic heterocycles. The van der Waals surface area contributed by atoms with Gasteiger partial charge in [-0.2, -0.15) is 0 Å². The van der Waals surface area contributed by atoms with Gasteiger partial charge in [-0.25, -0.2) is 0 Å². The average Bonchev–Trinajstić information content (AvgIpc) is 2.61. The van der Waals surface area contributed by atoms with E-state index < -0.39 is 0 Å². The predicted molar refractivity (Wildman–Crippen MR) is 59.3 cm³/mol. The molecule has 0 amide bonds. The van der Waals surface area contributed by atoms with Gasteiger partial charge < -0.3 is 0 Å². The van der Waals surface area contributed by atoms with Crippen molar-refractivity contribution < 1.29 is 0 Å². The number of rotatable bonds is 0. The minimum Gasteiger partial charge on any atom is -0.144 e. The van der Waals surface area contributed by atoms with Crippen LogP contribution >= 0.6 is 11.3 Å². The van der Waals surface area contributed by atoms with E-state index in [1.807, 2.05) is 0 Å². The van der Waals surface area contributed by atoms with Crippen molar-refractivity contribution in [3.8, 4) is 0 Å². The Morgan fingerprint density at radius 2 is 1.54 bits per heavy atom. The molecule has 3 aromatic rings. The van der Waals surface area contributed by atoms with Gasteiger partial charge >= 0.3 is 0 Å². The number of fused-ring (bicyclic) bond motifs is 2. The molecule has 1 heterocycles. The summed E-state index contributed by atoms with van der Waals surface area (Å²) >= 11 is 1.80. The van der Waals surface area contributed by atoms with Gasteiger partial charge in [0.15, 0.2) is 0 Å². The molecule has 0 aliphatic carbocycles. The maximum absolute atomic E-state index is 2.26. The molecule has 0 saturated carbocycles. The van der Waals surface area contributed by atoms with E-state index in [0.717, 1.165) is 0 Å². The van der Waals surface area contributed by atoms with Crippen molar-refractivity contribution in [2.24, 2.45) is 0 Å². The Bertz CT molecular complexity index is 514. The summed E-state index contributed by atoms with van der Waals surface area (Å²) in [4.78, 5) is 0. The number of hydrogen-bond acceptors (Lipinski definition) is 1. The molecule has 0 fully saturated rings. The van der Waals surface area contributed by atoms with Gasteiger partial charge in [-0.15, -0.1) is 11.3 Å². The van der Waals surface area contributed by atoms with Gasteiger partial charge in [0.25, 0.3) is 0 Å². The zero-order valence-electron chi connectivity index (χ0n) is 7.03. The first-order chi connectivity index (χ1) is 6.43. The van der Waals surface area contributed by atoms with E-state index >= 15 is 0 Å². The summed E-state index contributed by atoms with van der Waals surface area (Å²) in [6.45, 7) is 0. The molecule has 0 saturated heterocycles. The standard InChI is InChI=1S/C12H8S/c1-2-4-10-8-12-11(5-6-13-12)7-9(10)3-1/h1-8H. The van der Waals surface area contributed by atoms with Crippen LogP contribution in [0.2, 0.25) is 0 Å². The van der Waals surface area contributed by atoms with E-state index in [-0.39, 0.29) is 0 Å². The van der Waals surface area contributed by atoms with Crippen LogP contribution in [0, 0.1) is 0 Å². The van der Waals surface area contributed by atoms with E-state index in [0.29, 0.717) is 0 Å². The fourth-order valence-electron chi connectivity index (χ4n) is 1.65. The van der Waals surface area contributed by atoms with Crippen LogP contribution in [0.3, 0.4) is 0 Å². The van der Waals surface area contributed by atoms with Gasteiger partial charge in [-0.1, -0.05) is 24.3 Å². The third kappa shape index (κ3) is 1.04. The molecule has 1 aromatic heterocycles.